The molecule has 0 unspecified atom stereocenters. The van der Waals surface area contributed by atoms with Crippen LogP contribution in [0.3, 0.4) is 0 Å². The van der Waals surface area contributed by atoms with E-state index in [9.17, 15) is 22.4 Å². The van der Waals surface area contributed by atoms with E-state index >= 15 is 0 Å². The third-order valence-corrected chi connectivity index (χ3v) is 5.09. The van der Waals surface area contributed by atoms with Crippen molar-refractivity contribution in [1.29, 1.82) is 0 Å². The molecule has 2 rings (SSSR count). The highest BCUT2D eigenvalue weighted by atomic mass is 32.2. The van der Waals surface area contributed by atoms with Crippen LogP contribution in [0.15, 0.2) is 24.3 Å². The highest BCUT2D eigenvalue weighted by Gasteiger charge is 2.31. The van der Waals surface area contributed by atoms with E-state index in [1.54, 1.807) is 0 Å². The van der Waals surface area contributed by atoms with Crippen LogP contribution in [0.4, 0.5) is 4.39 Å². The van der Waals surface area contributed by atoms with Gasteiger partial charge in [-0.1, -0.05) is 12.1 Å². The number of halogens is 1. The van der Waals surface area contributed by atoms with Crippen LogP contribution < -0.4 is 5.32 Å². The fourth-order valence-corrected chi connectivity index (χ4v) is 3.81. The minimum atomic E-state index is -3.11. The third kappa shape index (κ3) is 4.03. The SMILES string of the molecule is C[C@@H](OC(=O)c1ccccc1F)C(=O)N[C@@H]1CCS(=O)(=O)C1. The zero-order valence-electron chi connectivity index (χ0n) is 11.9. The van der Waals surface area contributed by atoms with E-state index in [-0.39, 0.29) is 17.1 Å². The molecule has 0 radical (unpaired) electrons. The van der Waals surface area contributed by atoms with E-state index in [1.807, 2.05) is 0 Å². The monoisotopic (exact) mass is 329 g/mol. The van der Waals surface area contributed by atoms with Crippen LogP contribution in [0.5, 0.6) is 0 Å². The second kappa shape index (κ2) is 6.43. The molecule has 0 spiro atoms. The standard InChI is InChI=1S/C14H16FNO5S/c1-9(13(17)16-10-6-7-22(19,20)8-10)21-14(18)11-4-2-3-5-12(11)15/h2-5,9-10H,6-8H2,1H3,(H,16,17)/t9-,10-/m1/s1. The summed E-state index contributed by atoms with van der Waals surface area (Å²) >= 11 is 0. The number of rotatable bonds is 4. The van der Waals surface area contributed by atoms with Crippen LogP contribution in [-0.2, 0) is 19.4 Å². The van der Waals surface area contributed by atoms with Crippen molar-refractivity contribution in [2.24, 2.45) is 0 Å². The van der Waals surface area contributed by atoms with Crippen molar-refractivity contribution in [3.05, 3.63) is 35.6 Å². The number of nitrogens with one attached hydrogen (secondary N) is 1. The van der Waals surface area contributed by atoms with Gasteiger partial charge in [-0.05, 0) is 25.5 Å². The number of sulfone groups is 1. The van der Waals surface area contributed by atoms with Crippen molar-refractivity contribution in [3.63, 3.8) is 0 Å². The van der Waals surface area contributed by atoms with E-state index in [0.29, 0.717) is 6.42 Å². The maximum absolute atomic E-state index is 13.4. The van der Waals surface area contributed by atoms with Crippen LogP contribution in [0, 0.1) is 5.82 Å². The molecule has 0 aliphatic carbocycles. The maximum atomic E-state index is 13.4. The molecule has 1 saturated heterocycles. The van der Waals surface area contributed by atoms with Gasteiger partial charge in [0, 0.05) is 6.04 Å². The molecule has 22 heavy (non-hydrogen) atoms. The molecule has 6 nitrogen and oxygen atoms in total. The number of benzene rings is 1. The van der Waals surface area contributed by atoms with E-state index in [2.05, 4.69) is 5.32 Å². The van der Waals surface area contributed by atoms with E-state index < -0.39 is 39.7 Å². The summed E-state index contributed by atoms with van der Waals surface area (Å²) in [6.07, 6.45) is -0.808. The Kier molecular flexibility index (Phi) is 4.80. The Labute approximate surface area is 127 Å². The molecule has 1 amide bonds. The van der Waals surface area contributed by atoms with Gasteiger partial charge in [0.25, 0.3) is 5.91 Å². The molecule has 1 aliphatic rings. The fraction of sp³-hybridized carbons (Fsp3) is 0.429. The normalized spacial score (nSPS) is 21.1. The van der Waals surface area contributed by atoms with Crippen LogP contribution >= 0.6 is 0 Å². The van der Waals surface area contributed by atoms with Gasteiger partial charge < -0.3 is 10.1 Å². The van der Waals surface area contributed by atoms with Crippen LogP contribution in [0.1, 0.15) is 23.7 Å². The molecule has 2 atom stereocenters. The molecule has 1 N–H and O–H groups in total. The van der Waals surface area contributed by atoms with Crippen molar-refractivity contribution >= 4 is 21.7 Å². The average molecular weight is 329 g/mol. The Morgan fingerprint density at radius 3 is 2.64 bits per heavy atom. The zero-order valence-corrected chi connectivity index (χ0v) is 12.7. The van der Waals surface area contributed by atoms with Gasteiger partial charge in [0.15, 0.2) is 15.9 Å². The number of amides is 1. The summed E-state index contributed by atoms with van der Waals surface area (Å²) in [6, 6.07) is 4.81. The Balaban J connectivity index is 1.92. The largest absolute Gasteiger partial charge is 0.449 e. The van der Waals surface area contributed by atoms with Gasteiger partial charge in [0.05, 0.1) is 17.1 Å². The first-order valence-corrected chi connectivity index (χ1v) is 8.57. The van der Waals surface area contributed by atoms with Crippen molar-refractivity contribution in [1.82, 2.24) is 5.32 Å². The van der Waals surface area contributed by atoms with Crippen molar-refractivity contribution in [2.45, 2.75) is 25.5 Å². The molecule has 120 valence electrons. The van der Waals surface area contributed by atoms with Gasteiger partial charge >= 0.3 is 5.97 Å². The molecule has 1 heterocycles. The number of hydrogen-bond donors (Lipinski definition) is 1. The van der Waals surface area contributed by atoms with Gasteiger partial charge in [0.2, 0.25) is 0 Å². The first-order chi connectivity index (χ1) is 10.3. The lowest BCUT2D eigenvalue weighted by atomic mass is 10.2. The molecule has 1 aromatic carbocycles. The van der Waals surface area contributed by atoms with Gasteiger partial charge in [-0.15, -0.1) is 0 Å². The second-order valence-electron chi connectivity index (χ2n) is 5.14. The number of hydrogen-bond acceptors (Lipinski definition) is 5. The van der Waals surface area contributed by atoms with Gasteiger partial charge in [-0.2, -0.15) is 0 Å². The summed E-state index contributed by atoms with van der Waals surface area (Å²) in [7, 11) is -3.11. The highest BCUT2D eigenvalue weighted by Crippen LogP contribution is 2.13. The van der Waals surface area contributed by atoms with E-state index in [1.165, 1.54) is 25.1 Å². The van der Waals surface area contributed by atoms with Crippen molar-refractivity contribution in [2.75, 3.05) is 11.5 Å². The van der Waals surface area contributed by atoms with E-state index in [0.717, 1.165) is 6.07 Å². The molecular formula is C14H16FNO5S. The smallest absolute Gasteiger partial charge is 0.341 e. The Morgan fingerprint density at radius 1 is 1.36 bits per heavy atom. The Hall–Kier alpha value is -1.96. The molecule has 1 fully saturated rings. The number of ether oxygens (including phenoxy) is 1. The number of carbonyl (C=O) groups excluding carboxylic acids is 2. The molecule has 0 bridgehead atoms. The lowest BCUT2D eigenvalue weighted by Gasteiger charge is -2.16. The van der Waals surface area contributed by atoms with Gasteiger partial charge in [-0.3, -0.25) is 4.79 Å². The Morgan fingerprint density at radius 2 is 2.05 bits per heavy atom. The molecule has 0 aromatic heterocycles. The van der Waals surface area contributed by atoms with Gasteiger partial charge in [-0.25, -0.2) is 17.6 Å². The van der Waals surface area contributed by atoms with Crippen LogP contribution in [0.25, 0.3) is 0 Å². The highest BCUT2D eigenvalue weighted by molar-refractivity contribution is 7.91. The fourth-order valence-electron chi connectivity index (χ4n) is 2.13. The Bertz CT molecular complexity index is 688. The molecule has 1 aliphatic heterocycles. The minimum Gasteiger partial charge on any atom is -0.449 e. The van der Waals surface area contributed by atoms with Crippen molar-refractivity contribution < 1.29 is 27.1 Å². The summed E-state index contributed by atoms with van der Waals surface area (Å²) in [5.74, 6) is -2.37. The molecule has 8 heteroatoms. The van der Waals surface area contributed by atoms with Gasteiger partial charge in [0.1, 0.15) is 5.82 Å². The molecular weight excluding hydrogens is 313 g/mol. The number of carbonyl (C=O) groups is 2. The summed E-state index contributed by atoms with van der Waals surface area (Å²) < 4.78 is 41.0. The summed E-state index contributed by atoms with van der Waals surface area (Å²) in [5.41, 5.74) is -0.259. The predicted molar refractivity (Wildman–Crippen MR) is 76.5 cm³/mol. The number of esters is 1. The lowest BCUT2D eigenvalue weighted by molar-refractivity contribution is -0.129. The third-order valence-electron chi connectivity index (χ3n) is 3.33. The topological polar surface area (TPSA) is 89.5 Å². The first kappa shape index (κ1) is 16.4. The van der Waals surface area contributed by atoms with Crippen molar-refractivity contribution in [3.8, 4) is 0 Å². The lowest BCUT2D eigenvalue weighted by Crippen LogP contribution is -2.42. The minimum absolute atomic E-state index is 0.0291. The second-order valence-corrected chi connectivity index (χ2v) is 7.36. The van der Waals surface area contributed by atoms with Crippen LogP contribution in [-0.4, -0.2) is 43.9 Å². The summed E-state index contributed by atoms with van der Waals surface area (Å²) in [6.45, 7) is 1.34. The molecule has 0 saturated carbocycles. The quantitative estimate of drug-likeness (QED) is 0.820. The zero-order chi connectivity index (χ0) is 16.3. The average Bonchev–Trinajstić information content (AvgIpc) is 2.78. The first-order valence-electron chi connectivity index (χ1n) is 6.75. The van der Waals surface area contributed by atoms with E-state index in [4.69, 9.17) is 4.74 Å². The maximum Gasteiger partial charge on any atom is 0.341 e. The predicted octanol–water partition coefficient (Wildman–Crippen LogP) is 0.674. The summed E-state index contributed by atoms with van der Waals surface area (Å²) in [5, 5.41) is 2.52. The summed E-state index contributed by atoms with van der Waals surface area (Å²) in [4.78, 5) is 23.7. The van der Waals surface area contributed by atoms with Crippen LogP contribution in [0.2, 0.25) is 0 Å². The molecule has 1 aromatic rings.